The van der Waals surface area contributed by atoms with Gasteiger partial charge in [-0.15, -0.1) is 0 Å². The Balaban J connectivity index is 1.82. The first-order valence-corrected chi connectivity index (χ1v) is 9.18. The van der Waals surface area contributed by atoms with Crippen molar-refractivity contribution in [3.63, 3.8) is 0 Å². The molecular weight excluding hydrogens is 374 g/mol. The highest BCUT2D eigenvalue weighted by Crippen LogP contribution is 2.19. The van der Waals surface area contributed by atoms with E-state index < -0.39 is 11.9 Å². The molecule has 7 nitrogen and oxygen atoms in total. The minimum atomic E-state index is -0.611. The van der Waals surface area contributed by atoms with Gasteiger partial charge in [-0.2, -0.15) is 0 Å². The molecule has 0 saturated carbocycles. The summed E-state index contributed by atoms with van der Waals surface area (Å²) in [6.45, 7) is 3.11. The van der Waals surface area contributed by atoms with Crippen LogP contribution in [0.1, 0.15) is 46.5 Å². The number of hydrogen-bond donors (Lipinski definition) is 1. The van der Waals surface area contributed by atoms with E-state index in [0.717, 1.165) is 0 Å². The lowest BCUT2D eigenvalue weighted by molar-refractivity contribution is -0.131. The van der Waals surface area contributed by atoms with Crippen LogP contribution < -0.4 is 10.1 Å². The quantitative estimate of drug-likeness (QED) is 0.397. The van der Waals surface area contributed by atoms with Crippen molar-refractivity contribution in [2.24, 2.45) is 0 Å². The normalized spacial score (nSPS) is 10.1. The van der Waals surface area contributed by atoms with E-state index in [2.05, 4.69) is 5.32 Å². The minimum absolute atomic E-state index is 0.0220. The summed E-state index contributed by atoms with van der Waals surface area (Å²) in [6, 6.07) is 13.2. The number of ether oxygens (including phenoxy) is 2. The number of carbonyl (C=O) groups excluding carboxylic acids is 4. The third-order valence-electron chi connectivity index (χ3n) is 3.90. The van der Waals surface area contributed by atoms with Gasteiger partial charge in [0.25, 0.3) is 5.91 Å². The second-order valence-corrected chi connectivity index (χ2v) is 6.37. The Labute approximate surface area is 169 Å². The van der Waals surface area contributed by atoms with Gasteiger partial charge in [0.1, 0.15) is 17.1 Å². The number of ketones is 1. The van der Waals surface area contributed by atoms with Crippen LogP contribution in [0.2, 0.25) is 0 Å². The average Bonchev–Trinajstić information content (AvgIpc) is 2.67. The molecule has 0 saturated heterocycles. The van der Waals surface area contributed by atoms with Crippen molar-refractivity contribution in [3.05, 3.63) is 65.2 Å². The summed E-state index contributed by atoms with van der Waals surface area (Å²) in [7, 11) is 0. The Hall–Kier alpha value is -3.48. The molecule has 0 radical (unpaired) electrons. The number of hydrogen-bond acceptors (Lipinski definition) is 6. The van der Waals surface area contributed by atoms with Gasteiger partial charge in [-0.05, 0) is 37.1 Å². The van der Waals surface area contributed by atoms with E-state index in [-0.39, 0.29) is 36.0 Å². The van der Waals surface area contributed by atoms with Crippen LogP contribution >= 0.6 is 0 Å². The van der Waals surface area contributed by atoms with E-state index in [1.807, 2.05) is 0 Å². The first-order chi connectivity index (χ1) is 13.9. The number of esters is 2. The third kappa shape index (κ3) is 6.88. The fraction of sp³-hybridized carbons (Fsp3) is 0.273. The van der Waals surface area contributed by atoms with Gasteiger partial charge in [-0.25, -0.2) is 4.79 Å². The monoisotopic (exact) mass is 397 g/mol. The molecule has 0 aliphatic carbocycles. The molecule has 1 N–H and O–H groups in total. The van der Waals surface area contributed by atoms with Gasteiger partial charge < -0.3 is 14.8 Å². The second kappa shape index (κ2) is 10.8. The highest BCUT2D eigenvalue weighted by Gasteiger charge is 2.15. The van der Waals surface area contributed by atoms with Crippen LogP contribution in [0.5, 0.6) is 5.75 Å². The molecule has 0 aliphatic rings. The summed E-state index contributed by atoms with van der Waals surface area (Å²) in [5.74, 6) is -1.31. The molecule has 0 heterocycles. The van der Waals surface area contributed by atoms with E-state index in [9.17, 15) is 19.2 Å². The molecule has 2 rings (SSSR count). The fourth-order valence-electron chi connectivity index (χ4n) is 2.66. The average molecular weight is 397 g/mol. The van der Waals surface area contributed by atoms with Crippen LogP contribution in [-0.4, -0.2) is 36.8 Å². The van der Waals surface area contributed by atoms with Crippen LogP contribution in [0.3, 0.4) is 0 Å². The summed E-state index contributed by atoms with van der Waals surface area (Å²) in [5, 5.41) is 2.75. The number of Topliss-reactive ketones (excluding diaryl/α,β-unsaturated/α-hetero) is 1. The van der Waals surface area contributed by atoms with Crippen LogP contribution in [0.15, 0.2) is 48.5 Å². The van der Waals surface area contributed by atoms with Crippen LogP contribution in [0.25, 0.3) is 0 Å². The lowest BCUT2D eigenvalue weighted by Gasteiger charge is -2.10. The van der Waals surface area contributed by atoms with Crippen molar-refractivity contribution in [1.82, 2.24) is 5.32 Å². The number of benzene rings is 2. The topological polar surface area (TPSA) is 98.8 Å². The first kappa shape index (κ1) is 21.8. The largest absolute Gasteiger partial charge is 0.462 e. The van der Waals surface area contributed by atoms with Gasteiger partial charge in [0, 0.05) is 25.5 Å². The number of rotatable bonds is 9. The Kier molecular flexibility index (Phi) is 8.09. The molecule has 0 unspecified atom stereocenters. The molecule has 1 amide bonds. The predicted molar refractivity (Wildman–Crippen MR) is 106 cm³/mol. The highest BCUT2D eigenvalue weighted by molar-refractivity contribution is 5.97. The number of amides is 1. The minimum Gasteiger partial charge on any atom is -0.462 e. The fourth-order valence-corrected chi connectivity index (χ4v) is 2.66. The van der Waals surface area contributed by atoms with Gasteiger partial charge in [-0.1, -0.05) is 30.3 Å². The zero-order valence-electron chi connectivity index (χ0n) is 16.4. The van der Waals surface area contributed by atoms with Crippen molar-refractivity contribution in [2.45, 2.75) is 26.7 Å². The predicted octanol–water partition coefficient (Wildman–Crippen LogP) is 2.72. The molecule has 7 heteroatoms. The van der Waals surface area contributed by atoms with Gasteiger partial charge in [0.15, 0.2) is 0 Å². The number of nitrogens with one attached hydrogen (secondary N) is 1. The zero-order chi connectivity index (χ0) is 21.2. The third-order valence-corrected chi connectivity index (χ3v) is 3.90. The molecule has 152 valence electrons. The van der Waals surface area contributed by atoms with Crippen molar-refractivity contribution in [3.8, 4) is 5.75 Å². The van der Waals surface area contributed by atoms with Gasteiger partial charge in [0.05, 0.1) is 6.61 Å². The van der Waals surface area contributed by atoms with E-state index >= 15 is 0 Å². The van der Waals surface area contributed by atoms with Gasteiger partial charge in [0.2, 0.25) is 0 Å². The SMILES string of the molecule is CC(=O)Cc1ccccc1C(=O)NCCCOC(=O)c1ccccc1OC(C)=O. The molecule has 0 fully saturated rings. The molecular formula is C22H23NO6. The van der Waals surface area contributed by atoms with Crippen LogP contribution in [-0.2, 0) is 20.7 Å². The van der Waals surface area contributed by atoms with Crippen molar-refractivity contribution in [1.29, 1.82) is 0 Å². The maximum atomic E-state index is 12.3. The molecule has 0 bridgehead atoms. The van der Waals surface area contributed by atoms with Crippen molar-refractivity contribution < 1.29 is 28.7 Å². The molecule has 2 aromatic carbocycles. The van der Waals surface area contributed by atoms with E-state index in [1.165, 1.54) is 26.0 Å². The maximum absolute atomic E-state index is 12.3. The first-order valence-electron chi connectivity index (χ1n) is 9.18. The lowest BCUT2D eigenvalue weighted by atomic mass is 10.0. The Morgan fingerprint density at radius 1 is 0.897 bits per heavy atom. The van der Waals surface area contributed by atoms with Gasteiger partial charge >= 0.3 is 11.9 Å². The lowest BCUT2D eigenvalue weighted by Crippen LogP contribution is -2.26. The van der Waals surface area contributed by atoms with E-state index in [1.54, 1.807) is 36.4 Å². The van der Waals surface area contributed by atoms with E-state index in [4.69, 9.17) is 9.47 Å². The summed E-state index contributed by atoms with van der Waals surface area (Å²) in [6.07, 6.45) is 0.602. The van der Waals surface area contributed by atoms with Gasteiger partial charge in [-0.3, -0.25) is 14.4 Å². The standard InChI is InChI=1S/C22H23NO6/c1-15(24)14-17-8-3-4-9-18(17)21(26)23-12-7-13-28-22(27)19-10-5-6-11-20(19)29-16(2)25/h3-6,8-11H,7,12-14H2,1-2H3,(H,23,26). The Bertz CT molecular complexity index is 832. The summed E-state index contributed by atoms with van der Waals surface area (Å²) in [5.41, 5.74) is 1.28. The highest BCUT2D eigenvalue weighted by atomic mass is 16.5. The molecule has 29 heavy (non-hydrogen) atoms. The number of para-hydroxylation sites is 1. The molecule has 2 aromatic rings. The Morgan fingerprint density at radius 2 is 1.55 bits per heavy atom. The van der Waals surface area contributed by atoms with E-state index in [0.29, 0.717) is 24.1 Å². The van der Waals surface area contributed by atoms with Crippen molar-refractivity contribution >= 4 is 23.6 Å². The van der Waals surface area contributed by atoms with Crippen molar-refractivity contribution in [2.75, 3.05) is 13.2 Å². The number of carbonyl (C=O) groups is 4. The molecule has 0 aromatic heterocycles. The zero-order valence-corrected chi connectivity index (χ0v) is 16.4. The summed E-state index contributed by atoms with van der Waals surface area (Å²) >= 11 is 0. The maximum Gasteiger partial charge on any atom is 0.341 e. The molecule has 0 spiro atoms. The second-order valence-electron chi connectivity index (χ2n) is 6.37. The molecule has 0 aliphatic heterocycles. The summed E-state index contributed by atoms with van der Waals surface area (Å²) < 4.78 is 10.2. The van der Waals surface area contributed by atoms with Crippen LogP contribution in [0, 0.1) is 0 Å². The smallest absolute Gasteiger partial charge is 0.341 e. The summed E-state index contributed by atoms with van der Waals surface area (Å²) in [4.78, 5) is 47.0. The molecule has 0 atom stereocenters. The van der Waals surface area contributed by atoms with Crippen LogP contribution in [0.4, 0.5) is 0 Å². The Morgan fingerprint density at radius 3 is 2.24 bits per heavy atom.